The highest BCUT2D eigenvalue weighted by Crippen LogP contribution is 2.40. The van der Waals surface area contributed by atoms with Crippen molar-refractivity contribution in [3.05, 3.63) is 47.0 Å². The standard InChI is InChI=1S/C23H29ClN4O4S/c1-2-16-6-3-4-7-18(16)26-22(30)27-19-9-8-17(24)21(20(19)29)33(31,32)28-14-11-23(12-15-28)10-5-13-25-23/h3-4,6-9,25,29H,2,5,10-15H2,1H3,(H2,26,27,30). The quantitative estimate of drug-likeness (QED) is 0.468. The summed E-state index contributed by atoms with van der Waals surface area (Å²) < 4.78 is 28.1. The van der Waals surface area contributed by atoms with Crippen LogP contribution in [0.4, 0.5) is 16.2 Å². The van der Waals surface area contributed by atoms with Crippen molar-refractivity contribution < 1.29 is 18.3 Å². The summed E-state index contributed by atoms with van der Waals surface area (Å²) in [7, 11) is -4.05. The van der Waals surface area contributed by atoms with Crippen LogP contribution in [0.1, 0.15) is 38.2 Å². The number of aromatic hydroxyl groups is 1. The summed E-state index contributed by atoms with van der Waals surface area (Å²) in [6.45, 7) is 3.62. The molecule has 33 heavy (non-hydrogen) atoms. The molecule has 4 rings (SSSR count). The average molecular weight is 493 g/mol. The lowest BCUT2D eigenvalue weighted by Crippen LogP contribution is -2.51. The van der Waals surface area contributed by atoms with Gasteiger partial charge in [-0.05, 0) is 62.4 Å². The summed E-state index contributed by atoms with van der Waals surface area (Å²) in [5, 5.41) is 19.5. The van der Waals surface area contributed by atoms with Crippen molar-refractivity contribution in [1.29, 1.82) is 0 Å². The number of halogens is 1. The highest BCUT2D eigenvalue weighted by Gasteiger charge is 2.41. The smallest absolute Gasteiger partial charge is 0.323 e. The van der Waals surface area contributed by atoms with Crippen LogP contribution in [0.5, 0.6) is 5.75 Å². The topological polar surface area (TPSA) is 111 Å². The van der Waals surface area contributed by atoms with Crippen molar-refractivity contribution in [1.82, 2.24) is 9.62 Å². The molecule has 10 heteroatoms. The van der Waals surface area contributed by atoms with Crippen molar-refractivity contribution in [3.63, 3.8) is 0 Å². The number of phenols is 1. The second-order valence-corrected chi connectivity index (χ2v) is 10.9. The van der Waals surface area contributed by atoms with Gasteiger partial charge in [0.2, 0.25) is 10.0 Å². The number of para-hydroxylation sites is 1. The van der Waals surface area contributed by atoms with Gasteiger partial charge in [0.05, 0.1) is 10.7 Å². The Morgan fingerprint density at radius 3 is 2.48 bits per heavy atom. The highest BCUT2D eigenvalue weighted by atomic mass is 35.5. The van der Waals surface area contributed by atoms with E-state index in [-0.39, 0.29) is 21.1 Å². The summed E-state index contributed by atoms with van der Waals surface area (Å²) in [6, 6.07) is 9.54. The molecular formula is C23H29ClN4O4S. The molecule has 1 spiro atoms. The van der Waals surface area contributed by atoms with Gasteiger partial charge in [-0.1, -0.05) is 36.7 Å². The van der Waals surface area contributed by atoms with Crippen LogP contribution in [-0.4, -0.2) is 49.0 Å². The zero-order chi connectivity index (χ0) is 23.6. The third kappa shape index (κ3) is 4.82. The first kappa shape index (κ1) is 23.8. The van der Waals surface area contributed by atoms with Gasteiger partial charge in [0.1, 0.15) is 4.90 Å². The maximum Gasteiger partial charge on any atom is 0.323 e. The number of benzene rings is 2. The minimum absolute atomic E-state index is 0.00807. The number of urea groups is 1. The predicted molar refractivity (Wildman–Crippen MR) is 130 cm³/mol. The van der Waals surface area contributed by atoms with Crippen LogP contribution in [0, 0.1) is 0 Å². The van der Waals surface area contributed by atoms with Crippen LogP contribution in [0.25, 0.3) is 0 Å². The van der Waals surface area contributed by atoms with Crippen LogP contribution in [0.2, 0.25) is 5.02 Å². The first-order valence-electron chi connectivity index (χ1n) is 11.2. The number of phenolic OH excluding ortho intramolecular Hbond substituents is 1. The Balaban J connectivity index is 1.53. The number of nitrogens with one attached hydrogen (secondary N) is 3. The number of piperidine rings is 1. The second-order valence-electron chi connectivity index (χ2n) is 8.58. The normalized spacial score (nSPS) is 18.4. The number of aryl methyl sites for hydroxylation is 1. The average Bonchev–Trinajstić information content (AvgIpc) is 3.24. The Kier molecular flexibility index (Phi) is 6.86. The largest absolute Gasteiger partial charge is 0.504 e. The molecule has 0 unspecified atom stereocenters. The van der Waals surface area contributed by atoms with Crippen LogP contribution >= 0.6 is 11.6 Å². The SMILES string of the molecule is CCc1ccccc1NC(=O)Nc1ccc(Cl)c(S(=O)(=O)N2CCC3(CCCN3)CC2)c1O. The number of hydrogen-bond donors (Lipinski definition) is 4. The minimum atomic E-state index is -4.05. The van der Waals surface area contributed by atoms with Gasteiger partial charge in [0.15, 0.2) is 5.75 Å². The first-order valence-corrected chi connectivity index (χ1v) is 13.0. The molecule has 2 aromatic rings. The summed E-state index contributed by atoms with van der Waals surface area (Å²) in [5.74, 6) is -0.569. The van der Waals surface area contributed by atoms with Gasteiger partial charge in [0, 0.05) is 24.3 Å². The van der Waals surface area contributed by atoms with Crippen LogP contribution in [0.3, 0.4) is 0 Å². The molecule has 2 aromatic carbocycles. The lowest BCUT2D eigenvalue weighted by molar-refractivity contribution is 0.213. The number of anilines is 2. The van der Waals surface area contributed by atoms with Gasteiger partial charge >= 0.3 is 6.03 Å². The van der Waals surface area contributed by atoms with Gasteiger partial charge < -0.3 is 21.1 Å². The Bertz CT molecular complexity index is 1140. The second kappa shape index (κ2) is 9.50. The number of rotatable bonds is 5. The van der Waals surface area contributed by atoms with Gasteiger partial charge in [0.25, 0.3) is 0 Å². The van der Waals surface area contributed by atoms with Crippen LogP contribution < -0.4 is 16.0 Å². The third-order valence-electron chi connectivity index (χ3n) is 6.59. The summed E-state index contributed by atoms with van der Waals surface area (Å²) >= 11 is 6.23. The maximum absolute atomic E-state index is 13.4. The van der Waals surface area contributed by atoms with E-state index in [9.17, 15) is 18.3 Å². The third-order valence-corrected chi connectivity index (χ3v) is 8.99. The minimum Gasteiger partial charge on any atom is -0.504 e. The van der Waals surface area contributed by atoms with Gasteiger partial charge in [-0.15, -0.1) is 0 Å². The Morgan fingerprint density at radius 1 is 1.12 bits per heavy atom. The van der Waals surface area contributed by atoms with Crippen molar-refractivity contribution in [3.8, 4) is 5.75 Å². The lowest BCUT2D eigenvalue weighted by Gasteiger charge is -2.39. The van der Waals surface area contributed by atoms with E-state index in [1.165, 1.54) is 16.4 Å². The number of amides is 2. The monoisotopic (exact) mass is 492 g/mol. The van der Waals surface area contributed by atoms with E-state index < -0.39 is 21.8 Å². The molecule has 2 amide bonds. The summed E-state index contributed by atoms with van der Waals surface area (Å²) in [5.41, 5.74) is 1.57. The van der Waals surface area contributed by atoms with E-state index in [4.69, 9.17) is 11.6 Å². The van der Waals surface area contributed by atoms with Gasteiger partial charge in [-0.2, -0.15) is 4.31 Å². The van der Waals surface area contributed by atoms with Crippen LogP contribution in [-0.2, 0) is 16.4 Å². The molecule has 178 valence electrons. The van der Waals surface area contributed by atoms with E-state index in [1.54, 1.807) is 6.07 Å². The number of carbonyl (C=O) groups is 1. The zero-order valence-corrected chi connectivity index (χ0v) is 20.1. The zero-order valence-electron chi connectivity index (χ0n) is 18.5. The van der Waals surface area contributed by atoms with Crippen molar-refractivity contribution in [2.45, 2.75) is 49.5 Å². The molecule has 2 heterocycles. The highest BCUT2D eigenvalue weighted by molar-refractivity contribution is 7.89. The molecule has 0 saturated carbocycles. The molecule has 0 radical (unpaired) electrons. The molecule has 4 N–H and O–H groups in total. The fourth-order valence-corrected chi connectivity index (χ4v) is 6.73. The Morgan fingerprint density at radius 2 is 1.82 bits per heavy atom. The molecule has 2 fully saturated rings. The molecule has 8 nitrogen and oxygen atoms in total. The molecule has 2 aliphatic heterocycles. The van der Waals surface area contributed by atoms with Gasteiger partial charge in [-0.3, -0.25) is 0 Å². The molecule has 0 atom stereocenters. The van der Waals surface area contributed by atoms with E-state index in [2.05, 4.69) is 16.0 Å². The molecule has 2 saturated heterocycles. The Labute approximate surface area is 199 Å². The summed E-state index contributed by atoms with van der Waals surface area (Å²) in [6.07, 6.45) is 4.29. The van der Waals surface area contributed by atoms with Crippen molar-refractivity contribution >= 4 is 39.0 Å². The molecule has 0 aromatic heterocycles. The fourth-order valence-electron chi connectivity index (χ4n) is 4.70. The number of carbonyl (C=O) groups excluding carboxylic acids is 1. The summed E-state index contributed by atoms with van der Waals surface area (Å²) in [4.78, 5) is 12.2. The lowest BCUT2D eigenvalue weighted by atomic mass is 9.87. The van der Waals surface area contributed by atoms with E-state index in [1.807, 2.05) is 25.1 Å². The molecule has 2 aliphatic rings. The molecule has 0 aliphatic carbocycles. The van der Waals surface area contributed by atoms with E-state index >= 15 is 0 Å². The Hall–Kier alpha value is -2.33. The number of sulfonamides is 1. The van der Waals surface area contributed by atoms with E-state index in [0.717, 1.165) is 31.4 Å². The van der Waals surface area contributed by atoms with Crippen LogP contribution in [0.15, 0.2) is 41.3 Å². The molecular weight excluding hydrogens is 464 g/mol. The predicted octanol–water partition coefficient (Wildman–Crippen LogP) is 4.16. The van der Waals surface area contributed by atoms with Gasteiger partial charge in [-0.25, -0.2) is 13.2 Å². The van der Waals surface area contributed by atoms with Crippen molar-refractivity contribution in [2.24, 2.45) is 0 Å². The fraction of sp³-hybridized carbons (Fsp3) is 0.435. The maximum atomic E-state index is 13.4. The van der Waals surface area contributed by atoms with Crippen molar-refractivity contribution in [2.75, 3.05) is 30.3 Å². The number of nitrogens with zero attached hydrogens (tertiary/aromatic N) is 1. The first-order chi connectivity index (χ1) is 15.8. The van der Waals surface area contributed by atoms with E-state index in [0.29, 0.717) is 31.6 Å². The molecule has 0 bridgehead atoms. The number of hydrogen-bond acceptors (Lipinski definition) is 5.